The van der Waals surface area contributed by atoms with E-state index in [2.05, 4.69) is 20.6 Å². The number of amides is 1. The Labute approximate surface area is 153 Å². The van der Waals surface area contributed by atoms with Gasteiger partial charge in [0.25, 0.3) is 0 Å². The Morgan fingerprint density at radius 1 is 1.27 bits per heavy atom. The average Bonchev–Trinajstić information content (AvgIpc) is 2.88. The molecule has 2 aromatic rings. The van der Waals surface area contributed by atoms with Crippen LogP contribution in [0.4, 0.5) is 5.82 Å². The molecule has 0 spiro atoms. The summed E-state index contributed by atoms with van der Waals surface area (Å²) in [5.41, 5.74) is 3.37. The van der Waals surface area contributed by atoms with Crippen molar-refractivity contribution in [1.29, 1.82) is 0 Å². The number of hydrogen-bond acceptors (Lipinski definition) is 5. The van der Waals surface area contributed by atoms with Gasteiger partial charge in [0.2, 0.25) is 5.91 Å². The molecule has 0 radical (unpaired) electrons. The number of rotatable bonds is 4. The van der Waals surface area contributed by atoms with Gasteiger partial charge in [0.05, 0.1) is 17.8 Å². The van der Waals surface area contributed by atoms with Crippen molar-refractivity contribution in [3.63, 3.8) is 0 Å². The minimum absolute atomic E-state index is 0.0911. The van der Waals surface area contributed by atoms with Gasteiger partial charge in [-0.1, -0.05) is 6.42 Å². The molecule has 7 heteroatoms. The van der Waals surface area contributed by atoms with Gasteiger partial charge in [0.1, 0.15) is 5.82 Å². The fourth-order valence-electron chi connectivity index (χ4n) is 4.24. The third kappa shape index (κ3) is 2.74. The summed E-state index contributed by atoms with van der Waals surface area (Å²) < 4.78 is 1.95. The molecule has 1 saturated carbocycles. The first-order valence-electron chi connectivity index (χ1n) is 9.88. The number of hydrogen-bond donors (Lipinski definition) is 2. The quantitative estimate of drug-likeness (QED) is 0.848. The largest absolute Gasteiger partial charge is 0.355 e. The van der Waals surface area contributed by atoms with Crippen molar-refractivity contribution in [3.8, 4) is 0 Å². The van der Waals surface area contributed by atoms with Crippen LogP contribution in [-0.2, 0) is 17.6 Å². The van der Waals surface area contributed by atoms with Crippen LogP contribution in [0, 0.1) is 11.8 Å². The van der Waals surface area contributed by atoms with E-state index >= 15 is 0 Å². The van der Waals surface area contributed by atoms with Crippen molar-refractivity contribution in [3.05, 3.63) is 23.5 Å². The summed E-state index contributed by atoms with van der Waals surface area (Å²) in [6, 6.07) is 1.96. The monoisotopic (exact) mass is 354 g/mol. The Kier molecular flexibility index (Phi) is 4.04. The Hall–Kier alpha value is -2.15. The van der Waals surface area contributed by atoms with E-state index in [1.54, 1.807) is 0 Å². The smallest absolute Gasteiger partial charge is 0.226 e. The third-order valence-corrected chi connectivity index (χ3v) is 6.12. The van der Waals surface area contributed by atoms with E-state index in [9.17, 15) is 4.79 Å². The van der Waals surface area contributed by atoms with Gasteiger partial charge < -0.3 is 15.5 Å². The maximum Gasteiger partial charge on any atom is 0.226 e. The summed E-state index contributed by atoms with van der Waals surface area (Å²) in [6.45, 7) is 4.34. The summed E-state index contributed by atoms with van der Waals surface area (Å²) in [6.07, 6.45) is 7.58. The molecule has 1 aliphatic carbocycles. The number of anilines is 1. The van der Waals surface area contributed by atoms with E-state index in [4.69, 9.17) is 4.98 Å². The number of fused-ring (bicyclic) bond motifs is 2. The van der Waals surface area contributed by atoms with Gasteiger partial charge >= 0.3 is 0 Å². The molecule has 2 N–H and O–H groups in total. The highest BCUT2D eigenvalue weighted by Crippen LogP contribution is 2.31. The molecular formula is C19H26N6O. The Balaban J connectivity index is 1.34. The Bertz CT molecular complexity index is 821. The van der Waals surface area contributed by atoms with Crippen molar-refractivity contribution >= 4 is 17.4 Å². The first kappa shape index (κ1) is 16.1. The highest BCUT2D eigenvalue weighted by atomic mass is 16.2. The molecule has 4 heterocycles. The number of nitrogens with zero attached hydrogens (tertiary/aromatic N) is 4. The maximum atomic E-state index is 12.4. The van der Waals surface area contributed by atoms with Crippen LogP contribution in [0.15, 0.2) is 12.3 Å². The number of carbonyl (C=O) groups is 1. The molecule has 1 amide bonds. The SMILES string of the molecule is O=C(NCC1CCC1)C1CN(c2c3c(nc4ccnn24)CCNCC3)C1. The van der Waals surface area contributed by atoms with Gasteiger partial charge in [-0.2, -0.15) is 9.61 Å². The zero-order chi connectivity index (χ0) is 17.5. The molecule has 26 heavy (non-hydrogen) atoms. The summed E-state index contributed by atoms with van der Waals surface area (Å²) in [4.78, 5) is 19.5. The van der Waals surface area contributed by atoms with E-state index in [1.807, 2.05) is 16.8 Å². The minimum Gasteiger partial charge on any atom is -0.355 e. The van der Waals surface area contributed by atoms with Crippen molar-refractivity contribution < 1.29 is 4.79 Å². The van der Waals surface area contributed by atoms with E-state index < -0.39 is 0 Å². The fraction of sp³-hybridized carbons (Fsp3) is 0.632. The topological polar surface area (TPSA) is 74.6 Å². The molecule has 138 valence electrons. The van der Waals surface area contributed by atoms with E-state index in [1.165, 1.54) is 30.5 Å². The molecule has 0 bridgehead atoms. The molecule has 0 atom stereocenters. The fourth-order valence-corrected chi connectivity index (χ4v) is 4.24. The average molecular weight is 354 g/mol. The maximum absolute atomic E-state index is 12.4. The second kappa shape index (κ2) is 6.54. The predicted octanol–water partition coefficient (Wildman–Crippen LogP) is 0.770. The predicted molar refractivity (Wildman–Crippen MR) is 99.3 cm³/mol. The van der Waals surface area contributed by atoms with E-state index in [-0.39, 0.29) is 11.8 Å². The van der Waals surface area contributed by atoms with Gasteiger partial charge in [-0.25, -0.2) is 4.98 Å². The van der Waals surface area contributed by atoms with Crippen molar-refractivity contribution in [2.75, 3.05) is 37.6 Å². The van der Waals surface area contributed by atoms with Crippen LogP contribution >= 0.6 is 0 Å². The second-order valence-electron chi connectivity index (χ2n) is 7.86. The van der Waals surface area contributed by atoms with Crippen molar-refractivity contribution in [2.24, 2.45) is 11.8 Å². The highest BCUT2D eigenvalue weighted by molar-refractivity contribution is 5.82. The van der Waals surface area contributed by atoms with E-state index in [0.717, 1.165) is 57.0 Å². The highest BCUT2D eigenvalue weighted by Gasteiger charge is 2.36. The number of carbonyl (C=O) groups excluding carboxylic acids is 1. The van der Waals surface area contributed by atoms with Gasteiger partial charge in [-0.15, -0.1) is 0 Å². The lowest BCUT2D eigenvalue weighted by molar-refractivity contribution is -0.126. The Morgan fingerprint density at radius 3 is 2.92 bits per heavy atom. The van der Waals surface area contributed by atoms with Crippen LogP contribution < -0.4 is 15.5 Å². The molecule has 7 nitrogen and oxygen atoms in total. The van der Waals surface area contributed by atoms with Crippen LogP contribution in [0.25, 0.3) is 5.65 Å². The summed E-state index contributed by atoms with van der Waals surface area (Å²) in [5, 5.41) is 11.1. The number of nitrogens with one attached hydrogen (secondary N) is 2. The molecule has 2 aliphatic heterocycles. The van der Waals surface area contributed by atoms with Crippen molar-refractivity contribution in [1.82, 2.24) is 25.2 Å². The summed E-state index contributed by atoms with van der Waals surface area (Å²) in [5.74, 6) is 2.16. The van der Waals surface area contributed by atoms with Gasteiger partial charge in [-0.3, -0.25) is 4.79 Å². The first-order valence-corrected chi connectivity index (χ1v) is 9.88. The van der Waals surface area contributed by atoms with Crippen LogP contribution in [0.2, 0.25) is 0 Å². The van der Waals surface area contributed by atoms with Crippen LogP contribution in [0.5, 0.6) is 0 Å². The van der Waals surface area contributed by atoms with Crippen LogP contribution in [-0.4, -0.2) is 53.2 Å². The van der Waals surface area contributed by atoms with E-state index in [0.29, 0.717) is 5.92 Å². The standard InChI is InChI=1S/C19H26N6O/c26-18(21-10-13-2-1-3-13)14-11-24(12-14)19-15-4-7-20-8-5-16(15)23-17-6-9-22-25(17)19/h6,9,13-14,20H,1-5,7-8,10-12H2,(H,21,26). The minimum atomic E-state index is 0.0911. The number of aromatic nitrogens is 3. The van der Waals surface area contributed by atoms with Gasteiger partial charge in [-0.05, 0) is 31.7 Å². The second-order valence-corrected chi connectivity index (χ2v) is 7.86. The molecule has 5 rings (SSSR count). The zero-order valence-electron chi connectivity index (χ0n) is 15.1. The lowest BCUT2D eigenvalue weighted by Gasteiger charge is -2.41. The normalized spacial score (nSPS) is 21.0. The molecular weight excluding hydrogens is 328 g/mol. The molecule has 2 fully saturated rings. The third-order valence-electron chi connectivity index (χ3n) is 6.12. The molecule has 2 aromatic heterocycles. The molecule has 0 aromatic carbocycles. The van der Waals surface area contributed by atoms with Crippen LogP contribution in [0.1, 0.15) is 30.5 Å². The van der Waals surface area contributed by atoms with Gasteiger partial charge in [0, 0.05) is 44.2 Å². The van der Waals surface area contributed by atoms with Crippen molar-refractivity contribution in [2.45, 2.75) is 32.1 Å². The van der Waals surface area contributed by atoms with Gasteiger partial charge in [0.15, 0.2) is 5.65 Å². The molecule has 0 unspecified atom stereocenters. The molecule has 3 aliphatic rings. The van der Waals surface area contributed by atoms with Crippen LogP contribution in [0.3, 0.4) is 0 Å². The first-order chi connectivity index (χ1) is 12.8. The Morgan fingerprint density at radius 2 is 2.12 bits per heavy atom. The summed E-state index contributed by atoms with van der Waals surface area (Å²) >= 11 is 0. The zero-order valence-corrected chi connectivity index (χ0v) is 15.1. The summed E-state index contributed by atoms with van der Waals surface area (Å²) in [7, 11) is 0. The lowest BCUT2D eigenvalue weighted by Crippen LogP contribution is -2.55. The molecule has 1 saturated heterocycles. The lowest BCUT2D eigenvalue weighted by atomic mass is 9.85.